The summed E-state index contributed by atoms with van der Waals surface area (Å²) >= 11 is 0. The predicted molar refractivity (Wildman–Crippen MR) is 56.1 cm³/mol. The first kappa shape index (κ1) is 13.4. The van der Waals surface area contributed by atoms with Crippen LogP contribution in [0, 0.1) is 5.92 Å². The zero-order valence-electron chi connectivity index (χ0n) is 9.54. The molecule has 0 N–H and O–H groups in total. The van der Waals surface area contributed by atoms with Crippen LogP contribution in [0.4, 0.5) is 0 Å². The predicted octanol–water partition coefficient (Wildman–Crippen LogP) is 2.39. The quantitative estimate of drug-likeness (QED) is 0.448. The number of unbranched alkanes of at least 4 members (excludes halogenated alkanes) is 1. The average molecular weight is 202 g/mol. The van der Waals surface area contributed by atoms with Gasteiger partial charge >= 0.3 is 5.97 Å². The van der Waals surface area contributed by atoms with E-state index in [0.717, 1.165) is 25.9 Å². The molecule has 0 aromatic heterocycles. The first-order valence-electron chi connectivity index (χ1n) is 5.46. The Morgan fingerprint density at radius 3 is 2.50 bits per heavy atom. The van der Waals surface area contributed by atoms with Crippen LogP contribution in [0.3, 0.4) is 0 Å². The highest BCUT2D eigenvalue weighted by atomic mass is 16.6. The van der Waals surface area contributed by atoms with Gasteiger partial charge in [-0.2, -0.15) is 0 Å². The third-order valence-electron chi connectivity index (χ3n) is 2.13. The molecule has 0 saturated carbocycles. The van der Waals surface area contributed by atoms with Crippen LogP contribution >= 0.6 is 0 Å². The fraction of sp³-hybridized carbons (Fsp3) is 0.909. The molecular weight excluding hydrogens is 180 g/mol. The molecule has 1 atom stereocenters. The van der Waals surface area contributed by atoms with E-state index in [1.807, 2.05) is 13.8 Å². The summed E-state index contributed by atoms with van der Waals surface area (Å²) in [5.41, 5.74) is 0. The van der Waals surface area contributed by atoms with Gasteiger partial charge < -0.3 is 9.47 Å². The van der Waals surface area contributed by atoms with Crippen LogP contribution in [-0.4, -0.2) is 25.8 Å². The molecule has 0 heterocycles. The number of hydrogen-bond donors (Lipinski definition) is 0. The van der Waals surface area contributed by atoms with Gasteiger partial charge in [0.05, 0.1) is 12.5 Å². The lowest BCUT2D eigenvalue weighted by atomic mass is 10.1. The minimum absolute atomic E-state index is 0.00522. The molecule has 0 rings (SSSR count). The molecule has 0 aromatic rings. The van der Waals surface area contributed by atoms with Crippen molar-refractivity contribution in [1.82, 2.24) is 0 Å². The van der Waals surface area contributed by atoms with Crippen molar-refractivity contribution < 1.29 is 14.3 Å². The van der Waals surface area contributed by atoms with Gasteiger partial charge in [0, 0.05) is 6.61 Å². The van der Waals surface area contributed by atoms with Crippen molar-refractivity contribution >= 4 is 5.97 Å². The van der Waals surface area contributed by atoms with Crippen LogP contribution < -0.4 is 0 Å². The number of rotatable bonds is 8. The summed E-state index contributed by atoms with van der Waals surface area (Å²) in [7, 11) is 0. The molecule has 0 fully saturated rings. The molecule has 0 aromatic carbocycles. The Bertz CT molecular complexity index is 145. The third-order valence-corrected chi connectivity index (χ3v) is 2.13. The van der Waals surface area contributed by atoms with E-state index in [9.17, 15) is 4.79 Å². The van der Waals surface area contributed by atoms with Crippen molar-refractivity contribution in [3.8, 4) is 0 Å². The van der Waals surface area contributed by atoms with Crippen LogP contribution in [0.15, 0.2) is 0 Å². The van der Waals surface area contributed by atoms with E-state index in [4.69, 9.17) is 9.47 Å². The molecule has 0 aliphatic carbocycles. The molecule has 84 valence electrons. The third kappa shape index (κ3) is 6.89. The minimum Gasteiger partial charge on any atom is -0.463 e. The standard InChI is InChI=1S/C11H22O3/c1-4-6-7-13-8-9-14-11(12)10(3)5-2/h10H,4-9H2,1-3H3. The maximum absolute atomic E-state index is 11.2. The summed E-state index contributed by atoms with van der Waals surface area (Å²) < 4.78 is 10.3. The second-order valence-corrected chi connectivity index (χ2v) is 3.44. The summed E-state index contributed by atoms with van der Waals surface area (Å²) in [5, 5.41) is 0. The van der Waals surface area contributed by atoms with Crippen molar-refractivity contribution in [3.05, 3.63) is 0 Å². The topological polar surface area (TPSA) is 35.5 Å². The zero-order valence-corrected chi connectivity index (χ0v) is 9.54. The van der Waals surface area contributed by atoms with Crippen molar-refractivity contribution in [2.75, 3.05) is 19.8 Å². The SMILES string of the molecule is CCCCOCCOC(=O)C(C)CC. The Morgan fingerprint density at radius 2 is 1.93 bits per heavy atom. The van der Waals surface area contributed by atoms with Gasteiger partial charge in [0.2, 0.25) is 0 Å². The van der Waals surface area contributed by atoms with Crippen LogP contribution in [0.1, 0.15) is 40.0 Å². The Labute approximate surface area is 86.8 Å². The van der Waals surface area contributed by atoms with Gasteiger partial charge in [0.1, 0.15) is 6.61 Å². The summed E-state index contributed by atoms with van der Waals surface area (Å²) in [6.45, 7) is 7.63. The van der Waals surface area contributed by atoms with Gasteiger partial charge in [0.25, 0.3) is 0 Å². The molecule has 3 heteroatoms. The molecule has 1 unspecified atom stereocenters. The second kappa shape index (κ2) is 9.00. The van der Waals surface area contributed by atoms with Crippen molar-refractivity contribution in [3.63, 3.8) is 0 Å². The Hall–Kier alpha value is -0.570. The lowest BCUT2D eigenvalue weighted by Crippen LogP contribution is -2.17. The van der Waals surface area contributed by atoms with Crippen LogP contribution in [0.2, 0.25) is 0 Å². The average Bonchev–Trinajstić information content (AvgIpc) is 2.21. The van der Waals surface area contributed by atoms with E-state index in [1.54, 1.807) is 0 Å². The van der Waals surface area contributed by atoms with E-state index >= 15 is 0 Å². The van der Waals surface area contributed by atoms with Gasteiger partial charge in [-0.15, -0.1) is 0 Å². The van der Waals surface area contributed by atoms with E-state index < -0.39 is 0 Å². The van der Waals surface area contributed by atoms with Gasteiger partial charge in [-0.05, 0) is 12.8 Å². The van der Waals surface area contributed by atoms with E-state index in [-0.39, 0.29) is 11.9 Å². The normalized spacial score (nSPS) is 12.5. The summed E-state index contributed by atoms with van der Waals surface area (Å²) in [5.74, 6) is -0.114. The first-order chi connectivity index (χ1) is 6.72. The maximum atomic E-state index is 11.2. The zero-order chi connectivity index (χ0) is 10.8. The summed E-state index contributed by atoms with van der Waals surface area (Å²) in [4.78, 5) is 11.2. The largest absolute Gasteiger partial charge is 0.463 e. The molecule has 0 aliphatic rings. The fourth-order valence-corrected chi connectivity index (χ4v) is 0.859. The number of ether oxygens (including phenoxy) is 2. The maximum Gasteiger partial charge on any atom is 0.308 e. The fourth-order valence-electron chi connectivity index (χ4n) is 0.859. The van der Waals surface area contributed by atoms with Gasteiger partial charge in [-0.3, -0.25) is 4.79 Å². The minimum atomic E-state index is -0.119. The highest BCUT2D eigenvalue weighted by Gasteiger charge is 2.10. The van der Waals surface area contributed by atoms with Gasteiger partial charge in [-0.25, -0.2) is 0 Å². The van der Waals surface area contributed by atoms with E-state index in [1.165, 1.54) is 0 Å². The summed E-state index contributed by atoms with van der Waals surface area (Å²) in [6.07, 6.45) is 3.03. The molecule has 3 nitrogen and oxygen atoms in total. The second-order valence-electron chi connectivity index (χ2n) is 3.44. The molecule has 0 spiro atoms. The van der Waals surface area contributed by atoms with Crippen molar-refractivity contribution in [1.29, 1.82) is 0 Å². The van der Waals surface area contributed by atoms with Crippen LogP contribution in [0.25, 0.3) is 0 Å². The van der Waals surface area contributed by atoms with E-state index in [0.29, 0.717) is 13.2 Å². The van der Waals surface area contributed by atoms with Crippen LogP contribution in [0.5, 0.6) is 0 Å². The van der Waals surface area contributed by atoms with Crippen molar-refractivity contribution in [2.45, 2.75) is 40.0 Å². The molecule has 0 radical (unpaired) electrons. The number of esters is 1. The van der Waals surface area contributed by atoms with Crippen molar-refractivity contribution in [2.24, 2.45) is 5.92 Å². The highest BCUT2D eigenvalue weighted by Crippen LogP contribution is 2.02. The lowest BCUT2D eigenvalue weighted by molar-refractivity contribution is -0.149. The van der Waals surface area contributed by atoms with Crippen LogP contribution in [-0.2, 0) is 14.3 Å². The molecule has 0 bridgehead atoms. The number of carbonyl (C=O) groups is 1. The first-order valence-corrected chi connectivity index (χ1v) is 5.46. The Balaban J connectivity index is 3.23. The smallest absolute Gasteiger partial charge is 0.308 e. The Kier molecular flexibility index (Phi) is 8.64. The van der Waals surface area contributed by atoms with Gasteiger partial charge in [-0.1, -0.05) is 27.2 Å². The molecule has 0 aliphatic heterocycles. The molecule has 0 saturated heterocycles. The molecular formula is C11H22O3. The Morgan fingerprint density at radius 1 is 1.21 bits per heavy atom. The number of carbonyl (C=O) groups excluding carboxylic acids is 1. The van der Waals surface area contributed by atoms with Gasteiger partial charge in [0.15, 0.2) is 0 Å². The number of hydrogen-bond acceptors (Lipinski definition) is 3. The van der Waals surface area contributed by atoms with E-state index in [2.05, 4.69) is 6.92 Å². The monoisotopic (exact) mass is 202 g/mol. The lowest BCUT2D eigenvalue weighted by Gasteiger charge is -2.09. The summed E-state index contributed by atoms with van der Waals surface area (Å²) in [6, 6.07) is 0. The molecule has 0 amide bonds. The molecule has 14 heavy (non-hydrogen) atoms. The highest BCUT2D eigenvalue weighted by molar-refractivity contribution is 5.71.